The van der Waals surface area contributed by atoms with Crippen LogP contribution in [0, 0.1) is 5.92 Å². The molecule has 2 aliphatic rings. The highest BCUT2D eigenvalue weighted by Crippen LogP contribution is 2.27. The Balaban J connectivity index is 1.60. The van der Waals surface area contributed by atoms with Crippen LogP contribution in [0.1, 0.15) is 51.9 Å². The summed E-state index contributed by atoms with van der Waals surface area (Å²) < 4.78 is 0. The van der Waals surface area contributed by atoms with Gasteiger partial charge in [0.15, 0.2) is 0 Å². The number of nitrogens with zero attached hydrogens (tertiary/aromatic N) is 1. The standard InChI is InChI=1S/C15H30N2O/c1-2-17-10-6-14(7-11-17)12-16-13-15(18)8-4-3-5-9-15/h14,16,18H,2-13H2,1H3. The van der Waals surface area contributed by atoms with Crippen LogP contribution in [0.25, 0.3) is 0 Å². The van der Waals surface area contributed by atoms with Gasteiger partial charge in [-0.1, -0.05) is 26.2 Å². The Labute approximate surface area is 112 Å². The Bertz CT molecular complexity index is 231. The van der Waals surface area contributed by atoms with Gasteiger partial charge in [0.25, 0.3) is 0 Å². The quantitative estimate of drug-likeness (QED) is 0.788. The first-order valence-electron chi connectivity index (χ1n) is 7.87. The van der Waals surface area contributed by atoms with Crippen molar-refractivity contribution in [2.24, 2.45) is 5.92 Å². The van der Waals surface area contributed by atoms with Gasteiger partial charge in [-0.05, 0) is 57.8 Å². The summed E-state index contributed by atoms with van der Waals surface area (Å²) in [7, 11) is 0. The number of hydrogen-bond donors (Lipinski definition) is 2. The van der Waals surface area contributed by atoms with Crippen molar-refractivity contribution in [1.29, 1.82) is 0 Å². The van der Waals surface area contributed by atoms with Gasteiger partial charge in [0.05, 0.1) is 5.60 Å². The van der Waals surface area contributed by atoms with Crippen LogP contribution in [0.5, 0.6) is 0 Å². The van der Waals surface area contributed by atoms with E-state index in [9.17, 15) is 5.11 Å². The molecule has 3 heteroatoms. The third kappa shape index (κ3) is 4.22. The normalized spacial score (nSPS) is 26.3. The largest absolute Gasteiger partial charge is 0.389 e. The van der Waals surface area contributed by atoms with Gasteiger partial charge in [-0.15, -0.1) is 0 Å². The summed E-state index contributed by atoms with van der Waals surface area (Å²) in [6.07, 6.45) is 8.33. The van der Waals surface area contributed by atoms with Gasteiger partial charge >= 0.3 is 0 Å². The van der Waals surface area contributed by atoms with Gasteiger partial charge in [-0.25, -0.2) is 0 Å². The molecule has 18 heavy (non-hydrogen) atoms. The van der Waals surface area contributed by atoms with Crippen molar-refractivity contribution in [3.05, 3.63) is 0 Å². The Morgan fingerprint density at radius 2 is 1.83 bits per heavy atom. The molecule has 2 N–H and O–H groups in total. The highest BCUT2D eigenvalue weighted by Gasteiger charge is 2.29. The number of nitrogens with one attached hydrogen (secondary N) is 1. The summed E-state index contributed by atoms with van der Waals surface area (Å²) in [6, 6.07) is 0. The van der Waals surface area contributed by atoms with E-state index in [-0.39, 0.29) is 0 Å². The SMILES string of the molecule is CCN1CCC(CNCC2(O)CCCCC2)CC1. The maximum absolute atomic E-state index is 10.4. The summed E-state index contributed by atoms with van der Waals surface area (Å²) in [5, 5.41) is 13.9. The molecule has 1 aliphatic heterocycles. The number of rotatable bonds is 5. The molecule has 3 nitrogen and oxygen atoms in total. The average molecular weight is 254 g/mol. The highest BCUT2D eigenvalue weighted by molar-refractivity contribution is 4.85. The molecule has 2 rings (SSSR count). The lowest BCUT2D eigenvalue weighted by Crippen LogP contribution is -2.44. The molecule has 0 aromatic rings. The van der Waals surface area contributed by atoms with Crippen molar-refractivity contribution in [3.8, 4) is 0 Å². The third-order valence-corrected chi connectivity index (χ3v) is 4.83. The molecular weight excluding hydrogens is 224 g/mol. The second-order valence-electron chi connectivity index (χ2n) is 6.29. The predicted molar refractivity (Wildman–Crippen MR) is 75.7 cm³/mol. The van der Waals surface area contributed by atoms with Crippen molar-refractivity contribution in [1.82, 2.24) is 10.2 Å². The highest BCUT2D eigenvalue weighted by atomic mass is 16.3. The molecule has 0 amide bonds. The van der Waals surface area contributed by atoms with Gasteiger partial charge in [0.1, 0.15) is 0 Å². The maximum atomic E-state index is 10.4. The first-order chi connectivity index (χ1) is 8.72. The molecule has 1 saturated heterocycles. The fourth-order valence-corrected chi connectivity index (χ4v) is 3.40. The van der Waals surface area contributed by atoms with Crippen LogP contribution in [0.15, 0.2) is 0 Å². The molecule has 0 atom stereocenters. The van der Waals surface area contributed by atoms with Crippen LogP contribution in [0.4, 0.5) is 0 Å². The van der Waals surface area contributed by atoms with Gasteiger partial charge in [-0.3, -0.25) is 0 Å². The first kappa shape index (κ1) is 14.3. The lowest BCUT2D eigenvalue weighted by Gasteiger charge is -2.34. The molecule has 106 valence electrons. The molecule has 0 unspecified atom stereocenters. The van der Waals surface area contributed by atoms with Gasteiger partial charge < -0.3 is 15.3 Å². The monoisotopic (exact) mass is 254 g/mol. The lowest BCUT2D eigenvalue weighted by atomic mass is 9.84. The first-order valence-corrected chi connectivity index (χ1v) is 7.87. The van der Waals surface area contributed by atoms with E-state index in [0.717, 1.165) is 31.8 Å². The summed E-state index contributed by atoms with van der Waals surface area (Å²) in [5.41, 5.74) is -0.400. The van der Waals surface area contributed by atoms with Crippen LogP contribution in [-0.4, -0.2) is 48.3 Å². The molecule has 2 fully saturated rings. The zero-order chi connectivity index (χ0) is 12.8. The predicted octanol–water partition coefficient (Wildman–Crippen LogP) is 2.00. The van der Waals surface area contributed by atoms with Crippen molar-refractivity contribution in [3.63, 3.8) is 0 Å². The van der Waals surface area contributed by atoms with Crippen LogP contribution < -0.4 is 5.32 Å². The Kier molecular flexibility index (Phi) is 5.46. The number of hydrogen-bond acceptors (Lipinski definition) is 3. The lowest BCUT2D eigenvalue weighted by molar-refractivity contribution is 0.00376. The molecule has 0 aromatic heterocycles. The Morgan fingerprint density at radius 1 is 1.17 bits per heavy atom. The van der Waals surface area contributed by atoms with Crippen molar-refractivity contribution in [2.45, 2.75) is 57.5 Å². The van der Waals surface area contributed by atoms with Gasteiger partial charge in [0, 0.05) is 6.54 Å². The van der Waals surface area contributed by atoms with E-state index < -0.39 is 5.60 Å². The Morgan fingerprint density at radius 3 is 2.44 bits per heavy atom. The second kappa shape index (κ2) is 6.88. The minimum Gasteiger partial charge on any atom is -0.389 e. The number of likely N-dealkylation sites (tertiary alicyclic amines) is 1. The van der Waals surface area contributed by atoms with Crippen LogP contribution >= 0.6 is 0 Å². The molecule has 0 aromatic carbocycles. The maximum Gasteiger partial charge on any atom is 0.0771 e. The third-order valence-electron chi connectivity index (χ3n) is 4.83. The summed E-state index contributed by atoms with van der Waals surface area (Å²) in [5.74, 6) is 0.819. The van der Waals surface area contributed by atoms with Crippen molar-refractivity contribution in [2.75, 3.05) is 32.7 Å². The second-order valence-corrected chi connectivity index (χ2v) is 6.29. The molecule has 0 radical (unpaired) electrons. The molecule has 1 aliphatic carbocycles. The van der Waals surface area contributed by atoms with E-state index in [1.54, 1.807) is 0 Å². The minimum absolute atomic E-state index is 0.400. The van der Waals surface area contributed by atoms with E-state index in [0.29, 0.717) is 0 Å². The smallest absolute Gasteiger partial charge is 0.0771 e. The molecule has 0 spiro atoms. The molecule has 0 bridgehead atoms. The van der Waals surface area contributed by atoms with Gasteiger partial charge in [-0.2, -0.15) is 0 Å². The summed E-state index contributed by atoms with van der Waals surface area (Å²) in [6.45, 7) is 7.86. The fraction of sp³-hybridized carbons (Fsp3) is 1.00. The topological polar surface area (TPSA) is 35.5 Å². The molecule has 1 saturated carbocycles. The average Bonchev–Trinajstić information content (AvgIpc) is 2.40. The number of piperidine rings is 1. The zero-order valence-corrected chi connectivity index (χ0v) is 12.0. The Hall–Kier alpha value is -0.120. The minimum atomic E-state index is -0.400. The summed E-state index contributed by atoms with van der Waals surface area (Å²) >= 11 is 0. The van der Waals surface area contributed by atoms with E-state index in [2.05, 4.69) is 17.1 Å². The summed E-state index contributed by atoms with van der Waals surface area (Å²) in [4.78, 5) is 2.53. The fourth-order valence-electron chi connectivity index (χ4n) is 3.40. The number of aliphatic hydroxyl groups is 1. The van der Waals surface area contributed by atoms with Crippen LogP contribution in [-0.2, 0) is 0 Å². The van der Waals surface area contributed by atoms with E-state index in [1.807, 2.05) is 0 Å². The van der Waals surface area contributed by atoms with E-state index >= 15 is 0 Å². The van der Waals surface area contributed by atoms with E-state index in [4.69, 9.17) is 0 Å². The van der Waals surface area contributed by atoms with E-state index in [1.165, 1.54) is 51.7 Å². The van der Waals surface area contributed by atoms with Crippen molar-refractivity contribution >= 4 is 0 Å². The van der Waals surface area contributed by atoms with Crippen molar-refractivity contribution < 1.29 is 5.11 Å². The molecule has 1 heterocycles. The van der Waals surface area contributed by atoms with Gasteiger partial charge in [0.2, 0.25) is 0 Å². The van der Waals surface area contributed by atoms with Crippen LogP contribution in [0.2, 0.25) is 0 Å². The van der Waals surface area contributed by atoms with Crippen LogP contribution in [0.3, 0.4) is 0 Å². The molecular formula is C15H30N2O. The zero-order valence-electron chi connectivity index (χ0n) is 12.0.